The Balaban J connectivity index is 2.92. The minimum atomic E-state index is -5.00. The van der Waals surface area contributed by atoms with Crippen LogP contribution in [0, 0.1) is 5.92 Å². The summed E-state index contributed by atoms with van der Waals surface area (Å²) < 4.78 is 74.8. The fourth-order valence-electron chi connectivity index (χ4n) is 1.42. The predicted octanol–water partition coefficient (Wildman–Crippen LogP) is 4.14. The van der Waals surface area contributed by atoms with E-state index >= 15 is 0 Å². The van der Waals surface area contributed by atoms with Gasteiger partial charge in [-0.1, -0.05) is 15.9 Å². The average molecular weight is 380 g/mol. The largest absolute Gasteiger partial charge is 0.481 e. The fourth-order valence-corrected chi connectivity index (χ4v) is 1.89. The Morgan fingerprint density at radius 3 is 2.24 bits per heavy atom. The molecule has 0 spiro atoms. The summed E-state index contributed by atoms with van der Waals surface area (Å²) in [6, 6.07) is 2.71. The molecule has 1 unspecified atom stereocenters. The van der Waals surface area contributed by atoms with Crippen molar-refractivity contribution in [3.8, 4) is 0 Å². The average Bonchev–Trinajstić information content (AvgIpc) is 2.27. The smallest absolute Gasteiger partial charge is 0.417 e. The number of halogens is 7. The third-order valence-corrected chi connectivity index (χ3v) is 3.17. The molecule has 0 aliphatic carbocycles. The van der Waals surface area contributed by atoms with Gasteiger partial charge in [0.15, 0.2) is 5.92 Å². The highest BCUT2D eigenvalue weighted by molar-refractivity contribution is 9.10. The van der Waals surface area contributed by atoms with Crippen molar-refractivity contribution in [2.45, 2.75) is 12.4 Å². The highest BCUT2D eigenvalue weighted by Crippen LogP contribution is 2.36. The minimum Gasteiger partial charge on any atom is -0.481 e. The number of carboxylic acid groups (broad SMARTS) is 1. The van der Waals surface area contributed by atoms with Crippen molar-refractivity contribution >= 4 is 27.6 Å². The summed E-state index contributed by atoms with van der Waals surface area (Å²) in [5.41, 5.74) is -1.34. The third-order valence-electron chi connectivity index (χ3n) is 2.48. The maximum atomic E-state index is 12.6. The Kier molecular flexibility index (Phi) is 5.13. The lowest BCUT2D eigenvalue weighted by molar-refractivity contribution is -0.190. The molecule has 0 bridgehead atoms. The van der Waals surface area contributed by atoms with Gasteiger partial charge in [0.05, 0.1) is 5.56 Å². The zero-order chi connectivity index (χ0) is 16.4. The monoisotopic (exact) mass is 379 g/mol. The molecule has 0 aliphatic rings. The molecule has 0 radical (unpaired) electrons. The van der Waals surface area contributed by atoms with Crippen LogP contribution < -0.4 is 5.32 Å². The maximum absolute atomic E-state index is 12.6. The van der Waals surface area contributed by atoms with E-state index in [0.29, 0.717) is 6.07 Å². The molecular formula is C11H8BrF6NO2. The number of benzene rings is 1. The molecule has 0 heterocycles. The van der Waals surface area contributed by atoms with E-state index in [1.54, 1.807) is 0 Å². The van der Waals surface area contributed by atoms with Crippen LogP contribution in [0.15, 0.2) is 22.7 Å². The Labute approximate surface area is 123 Å². The van der Waals surface area contributed by atoms with Crippen molar-refractivity contribution < 1.29 is 36.2 Å². The van der Waals surface area contributed by atoms with Gasteiger partial charge in [-0.15, -0.1) is 0 Å². The molecule has 1 aromatic carbocycles. The van der Waals surface area contributed by atoms with E-state index in [9.17, 15) is 31.1 Å². The summed E-state index contributed by atoms with van der Waals surface area (Å²) in [6.45, 7) is -1.07. The van der Waals surface area contributed by atoms with Crippen LogP contribution in [-0.4, -0.2) is 23.8 Å². The second-order valence-corrected chi connectivity index (χ2v) is 4.86. The van der Waals surface area contributed by atoms with E-state index in [2.05, 4.69) is 21.2 Å². The Bertz CT molecular complexity index is 528. The minimum absolute atomic E-state index is 0.263. The summed E-state index contributed by atoms with van der Waals surface area (Å²) in [5.74, 6) is -4.82. The highest BCUT2D eigenvalue weighted by Gasteiger charge is 2.45. The first kappa shape index (κ1) is 17.6. The topological polar surface area (TPSA) is 49.3 Å². The van der Waals surface area contributed by atoms with Crippen LogP contribution in [0.3, 0.4) is 0 Å². The van der Waals surface area contributed by atoms with Gasteiger partial charge in [-0.05, 0) is 18.2 Å². The number of anilines is 1. The van der Waals surface area contributed by atoms with Gasteiger partial charge in [-0.2, -0.15) is 26.3 Å². The normalized spacial score (nSPS) is 13.9. The van der Waals surface area contributed by atoms with Crippen LogP contribution >= 0.6 is 15.9 Å². The zero-order valence-corrected chi connectivity index (χ0v) is 11.6. The number of hydrogen-bond acceptors (Lipinski definition) is 2. The van der Waals surface area contributed by atoms with Crippen LogP contribution in [0.1, 0.15) is 5.56 Å². The third kappa shape index (κ3) is 4.80. The molecule has 1 aromatic rings. The molecule has 0 fully saturated rings. The number of carboxylic acids is 1. The van der Waals surface area contributed by atoms with E-state index in [0.717, 1.165) is 12.1 Å². The van der Waals surface area contributed by atoms with Crippen molar-refractivity contribution in [2.75, 3.05) is 11.9 Å². The molecule has 1 rings (SSSR count). The van der Waals surface area contributed by atoms with Crippen LogP contribution in [0.5, 0.6) is 0 Å². The molecule has 1 atom stereocenters. The van der Waals surface area contributed by atoms with Gasteiger partial charge < -0.3 is 10.4 Å². The summed E-state index contributed by atoms with van der Waals surface area (Å²) in [6.07, 6.45) is -9.69. The van der Waals surface area contributed by atoms with Crippen molar-refractivity contribution in [2.24, 2.45) is 5.92 Å². The molecule has 0 aromatic heterocycles. The molecule has 0 amide bonds. The van der Waals surface area contributed by atoms with Crippen LogP contribution in [0.25, 0.3) is 0 Å². The number of aliphatic carboxylic acids is 1. The summed E-state index contributed by atoms with van der Waals surface area (Å²) in [5, 5.41) is 10.5. The SMILES string of the molecule is O=C(O)C(CNc1ccc(Br)c(C(F)(F)F)c1)C(F)(F)F. The van der Waals surface area contributed by atoms with Crippen molar-refractivity contribution in [3.05, 3.63) is 28.2 Å². The molecular weight excluding hydrogens is 372 g/mol. The first-order chi connectivity index (χ1) is 9.43. The Hall–Kier alpha value is -1.45. The van der Waals surface area contributed by atoms with Gasteiger partial charge in [0.1, 0.15) is 0 Å². The Morgan fingerprint density at radius 1 is 1.24 bits per heavy atom. The van der Waals surface area contributed by atoms with Gasteiger partial charge in [0.25, 0.3) is 0 Å². The number of hydrogen-bond donors (Lipinski definition) is 2. The highest BCUT2D eigenvalue weighted by atomic mass is 79.9. The number of carbonyl (C=O) groups is 1. The van der Waals surface area contributed by atoms with Crippen molar-refractivity contribution in [1.29, 1.82) is 0 Å². The van der Waals surface area contributed by atoms with Gasteiger partial charge in [0.2, 0.25) is 0 Å². The molecule has 0 saturated heterocycles. The molecule has 0 saturated carbocycles. The van der Waals surface area contributed by atoms with Gasteiger partial charge in [-0.3, -0.25) is 4.79 Å². The lowest BCUT2D eigenvalue weighted by Crippen LogP contribution is -2.36. The molecule has 21 heavy (non-hydrogen) atoms. The van der Waals surface area contributed by atoms with Crippen LogP contribution in [0.4, 0.5) is 32.0 Å². The Morgan fingerprint density at radius 2 is 1.81 bits per heavy atom. The van der Waals surface area contributed by atoms with E-state index < -0.39 is 36.3 Å². The lowest BCUT2D eigenvalue weighted by atomic mass is 10.1. The quantitative estimate of drug-likeness (QED) is 0.772. The molecule has 0 aliphatic heterocycles. The van der Waals surface area contributed by atoms with Gasteiger partial charge in [0, 0.05) is 16.7 Å². The summed E-state index contributed by atoms with van der Waals surface area (Å²) in [4.78, 5) is 10.5. The van der Waals surface area contributed by atoms with Gasteiger partial charge in [-0.25, -0.2) is 0 Å². The molecule has 3 nitrogen and oxygen atoms in total. The standard InChI is InChI=1S/C11H8BrF6NO2/c12-8-2-1-5(3-6(8)10(13,14)15)19-4-7(9(20)21)11(16,17)18/h1-3,7,19H,4H2,(H,20,21). The zero-order valence-electron chi connectivity index (χ0n) is 10.0. The number of nitrogens with one attached hydrogen (secondary N) is 1. The van der Waals surface area contributed by atoms with Crippen LogP contribution in [-0.2, 0) is 11.0 Å². The second kappa shape index (κ2) is 6.12. The van der Waals surface area contributed by atoms with E-state index in [4.69, 9.17) is 5.11 Å². The predicted molar refractivity (Wildman–Crippen MR) is 64.8 cm³/mol. The first-order valence-corrected chi connectivity index (χ1v) is 6.12. The van der Waals surface area contributed by atoms with E-state index in [-0.39, 0.29) is 10.2 Å². The number of rotatable bonds is 4. The van der Waals surface area contributed by atoms with Gasteiger partial charge >= 0.3 is 18.3 Å². The molecule has 10 heteroatoms. The number of alkyl halides is 6. The molecule has 2 N–H and O–H groups in total. The van der Waals surface area contributed by atoms with Crippen LogP contribution in [0.2, 0.25) is 0 Å². The van der Waals surface area contributed by atoms with E-state index in [1.165, 1.54) is 0 Å². The van der Waals surface area contributed by atoms with Crippen molar-refractivity contribution in [3.63, 3.8) is 0 Å². The summed E-state index contributed by atoms with van der Waals surface area (Å²) in [7, 11) is 0. The lowest BCUT2D eigenvalue weighted by Gasteiger charge is -2.18. The van der Waals surface area contributed by atoms with Crippen molar-refractivity contribution in [1.82, 2.24) is 0 Å². The first-order valence-electron chi connectivity index (χ1n) is 5.33. The second-order valence-electron chi connectivity index (χ2n) is 4.01. The summed E-state index contributed by atoms with van der Waals surface area (Å²) >= 11 is 2.68. The molecule has 118 valence electrons. The van der Waals surface area contributed by atoms with E-state index in [1.807, 2.05) is 0 Å². The fraction of sp³-hybridized carbons (Fsp3) is 0.364. The maximum Gasteiger partial charge on any atom is 0.417 e.